The predicted molar refractivity (Wildman–Crippen MR) is 159 cm³/mol. The van der Waals surface area contributed by atoms with Crippen LogP contribution in [-0.4, -0.2) is 34.0 Å². The van der Waals surface area contributed by atoms with E-state index in [4.69, 9.17) is 11.6 Å². The van der Waals surface area contributed by atoms with Gasteiger partial charge in [-0.2, -0.15) is 0 Å². The van der Waals surface area contributed by atoms with E-state index in [0.29, 0.717) is 45.2 Å². The van der Waals surface area contributed by atoms with Crippen LogP contribution in [0.4, 0.5) is 21.5 Å². The summed E-state index contributed by atoms with van der Waals surface area (Å²) in [6.45, 7) is 3.50. The first-order valence-electron chi connectivity index (χ1n) is 12.1. The molecule has 5 rings (SSSR count). The van der Waals surface area contributed by atoms with Crippen LogP contribution in [0, 0.1) is 19.7 Å². The van der Waals surface area contributed by atoms with Crippen molar-refractivity contribution in [3.05, 3.63) is 94.0 Å². The Morgan fingerprint density at radius 3 is 2.24 bits per heavy atom. The van der Waals surface area contributed by atoms with Gasteiger partial charge in [0.1, 0.15) is 5.82 Å². The van der Waals surface area contributed by atoms with Crippen molar-refractivity contribution in [1.82, 2.24) is 4.98 Å². The molecule has 0 aliphatic carbocycles. The Balaban J connectivity index is 1.38. The van der Waals surface area contributed by atoms with Crippen molar-refractivity contribution >= 4 is 66.3 Å². The molecule has 0 atom stereocenters. The standard InChI is InChI=1S/C28H24ClFN4O5S2/c1-15-25(31-16(2)27(15)34-40(3,36)37)14-22-21-10-6-18(12-26(21)32-28(22)35)17-4-7-19(8-5-17)33-41(38,39)20-9-11-24(30)23(29)13-20/h4-14,31,33-34H,1-3H3,(H,32,35)/b22-14-. The van der Waals surface area contributed by atoms with Gasteiger partial charge in [0.15, 0.2) is 0 Å². The molecule has 212 valence electrons. The maximum Gasteiger partial charge on any atom is 0.261 e. The van der Waals surface area contributed by atoms with Gasteiger partial charge in [-0.25, -0.2) is 21.2 Å². The summed E-state index contributed by atoms with van der Waals surface area (Å²) in [5.74, 6) is -1.01. The van der Waals surface area contributed by atoms with E-state index in [-0.39, 0.29) is 15.8 Å². The van der Waals surface area contributed by atoms with Crippen LogP contribution in [-0.2, 0) is 24.8 Å². The molecule has 4 N–H and O–H groups in total. The summed E-state index contributed by atoms with van der Waals surface area (Å²) in [6.07, 6.45) is 2.76. The molecule has 2 heterocycles. The van der Waals surface area contributed by atoms with Crippen molar-refractivity contribution in [3.63, 3.8) is 0 Å². The van der Waals surface area contributed by atoms with Gasteiger partial charge in [0, 0.05) is 28.3 Å². The molecule has 0 fully saturated rings. The normalized spacial score (nSPS) is 14.2. The van der Waals surface area contributed by atoms with Gasteiger partial charge in [0.25, 0.3) is 15.9 Å². The van der Waals surface area contributed by atoms with Gasteiger partial charge in [-0.15, -0.1) is 0 Å². The SMILES string of the molecule is Cc1[nH]c(/C=C2\C(=O)Nc3cc(-c4ccc(NS(=O)(=O)c5ccc(F)c(Cl)c5)cc4)ccc32)c(C)c1NS(C)(=O)=O. The van der Waals surface area contributed by atoms with Crippen LogP contribution in [0.1, 0.15) is 22.5 Å². The first kappa shape index (κ1) is 28.4. The third kappa shape index (κ3) is 5.85. The zero-order valence-electron chi connectivity index (χ0n) is 22.0. The number of aromatic nitrogens is 1. The Kier molecular flexibility index (Phi) is 7.18. The molecule has 4 aromatic rings. The van der Waals surface area contributed by atoms with Crippen molar-refractivity contribution in [2.24, 2.45) is 0 Å². The Bertz CT molecular complexity index is 1970. The number of aryl methyl sites for hydroxylation is 1. The maximum absolute atomic E-state index is 13.4. The fourth-order valence-electron chi connectivity index (χ4n) is 4.51. The highest BCUT2D eigenvalue weighted by Gasteiger charge is 2.26. The third-order valence-electron chi connectivity index (χ3n) is 6.53. The van der Waals surface area contributed by atoms with Gasteiger partial charge < -0.3 is 10.3 Å². The molecule has 3 aromatic carbocycles. The molecule has 1 aliphatic heterocycles. The zero-order chi connectivity index (χ0) is 29.7. The van der Waals surface area contributed by atoms with Gasteiger partial charge in [0.05, 0.1) is 27.4 Å². The van der Waals surface area contributed by atoms with E-state index < -0.39 is 25.9 Å². The Morgan fingerprint density at radius 1 is 0.902 bits per heavy atom. The number of H-pyrrole nitrogens is 1. The van der Waals surface area contributed by atoms with E-state index in [1.165, 1.54) is 0 Å². The number of hydrogen-bond acceptors (Lipinski definition) is 5. The molecular formula is C28H24ClFN4O5S2. The number of aromatic amines is 1. The average Bonchev–Trinajstić information content (AvgIpc) is 3.34. The molecule has 41 heavy (non-hydrogen) atoms. The van der Waals surface area contributed by atoms with Crippen LogP contribution in [0.25, 0.3) is 22.8 Å². The minimum atomic E-state index is -3.98. The number of carbonyl (C=O) groups excluding carboxylic acids is 1. The quantitative estimate of drug-likeness (QED) is 0.196. The van der Waals surface area contributed by atoms with E-state index >= 15 is 0 Å². The second-order valence-corrected chi connectivity index (χ2v) is 13.4. The van der Waals surface area contributed by atoms with E-state index in [1.54, 1.807) is 44.2 Å². The monoisotopic (exact) mass is 614 g/mol. The van der Waals surface area contributed by atoms with Crippen LogP contribution in [0.5, 0.6) is 0 Å². The summed E-state index contributed by atoms with van der Waals surface area (Å²) < 4.78 is 67.2. The summed E-state index contributed by atoms with van der Waals surface area (Å²) >= 11 is 5.72. The average molecular weight is 615 g/mol. The molecule has 1 amide bonds. The molecule has 0 bridgehead atoms. The number of fused-ring (bicyclic) bond motifs is 1. The smallest absolute Gasteiger partial charge is 0.261 e. The topological polar surface area (TPSA) is 137 Å². The highest BCUT2D eigenvalue weighted by atomic mass is 35.5. The number of rotatable bonds is 7. The molecule has 9 nitrogen and oxygen atoms in total. The maximum atomic E-state index is 13.4. The summed E-state index contributed by atoms with van der Waals surface area (Å²) in [4.78, 5) is 15.8. The van der Waals surface area contributed by atoms with Crippen LogP contribution < -0.4 is 14.8 Å². The molecule has 0 saturated carbocycles. The summed E-state index contributed by atoms with van der Waals surface area (Å²) in [5.41, 5.74) is 5.92. The number of anilines is 3. The highest BCUT2D eigenvalue weighted by Crippen LogP contribution is 2.37. The molecule has 0 saturated heterocycles. The third-order valence-corrected chi connectivity index (χ3v) is 8.77. The Hall–Kier alpha value is -4.13. The van der Waals surface area contributed by atoms with Crippen molar-refractivity contribution in [2.75, 3.05) is 21.0 Å². The number of benzene rings is 3. The molecule has 13 heteroatoms. The lowest BCUT2D eigenvalue weighted by Crippen LogP contribution is -2.13. The number of nitrogens with one attached hydrogen (secondary N) is 4. The van der Waals surface area contributed by atoms with E-state index in [1.807, 2.05) is 18.2 Å². The van der Waals surface area contributed by atoms with Crippen LogP contribution in [0.2, 0.25) is 5.02 Å². The lowest BCUT2D eigenvalue weighted by atomic mass is 9.99. The van der Waals surface area contributed by atoms with E-state index in [9.17, 15) is 26.0 Å². The zero-order valence-corrected chi connectivity index (χ0v) is 24.4. The molecule has 0 radical (unpaired) electrons. The minimum Gasteiger partial charge on any atom is -0.357 e. The van der Waals surface area contributed by atoms with Gasteiger partial charge in [0.2, 0.25) is 10.0 Å². The molecule has 0 unspecified atom stereocenters. The van der Waals surface area contributed by atoms with Crippen LogP contribution in [0.3, 0.4) is 0 Å². The molecular weight excluding hydrogens is 591 g/mol. The fraction of sp³-hybridized carbons (Fsp3) is 0.107. The van der Waals surface area contributed by atoms with Gasteiger partial charge in [-0.3, -0.25) is 14.2 Å². The summed E-state index contributed by atoms with van der Waals surface area (Å²) in [6, 6.07) is 15.3. The van der Waals surface area contributed by atoms with Crippen molar-refractivity contribution in [1.29, 1.82) is 0 Å². The van der Waals surface area contributed by atoms with Gasteiger partial charge in [-0.05, 0) is 73.0 Å². The fourth-order valence-corrected chi connectivity index (χ4v) is 6.51. The summed E-state index contributed by atoms with van der Waals surface area (Å²) in [7, 11) is -7.46. The Labute approximate surface area is 241 Å². The number of amides is 1. The first-order chi connectivity index (χ1) is 19.2. The van der Waals surface area contributed by atoms with Crippen molar-refractivity contribution < 1.29 is 26.0 Å². The van der Waals surface area contributed by atoms with E-state index in [2.05, 4.69) is 19.7 Å². The van der Waals surface area contributed by atoms with E-state index in [0.717, 1.165) is 35.6 Å². The van der Waals surface area contributed by atoms with Gasteiger partial charge >= 0.3 is 0 Å². The number of sulfonamides is 2. The number of carbonyl (C=O) groups is 1. The van der Waals surface area contributed by atoms with Crippen LogP contribution in [0.15, 0.2) is 65.6 Å². The van der Waals surface area contributed by atoms with Crippen LogP contribution >= 0.6 is 11.6 Å². The van der Waals surface area contributed by atoms with Gasteiger partial charge in [-0.1, -0.05) is 35.9 Å². The molecule has 0 spiro atoms. The second-order valence-electron chi connectivity index (χ2n) is 9.57. The summed E-state index contributed by atoms with van der Waals surface area (Å²) in [5, 5.41) is 2.57. The lowest BCUT2D eigenvalue weighted by Gasteiger charge is -2.10. The predicted octanol–water partition coefficient (Wildman–Crippen LogP) is 5.76. The lowest BCUT2D eigenvalue weighted by molar-refractivity contribution is -0.110. The largest absolute Gasteiger partial charge is 0.357 e. The minimum absolute atomic E-state index is 0.168. The molecule has 1 aromatic heterocycles. The highest BCUT2D eigenvalue weighted by molar-refractivity contribution is 7.92. The first-order valence-corrected chi connectivity index (χ1v) is 15.9. The van der Waals surface area contributed by atoms with Crippen molar-refractivity contribution in [2.45, 2.75) is 18.7 Å². The number of halogens is 2. The van der Waals surface area contributed by atoms with Crippen molar-refractivity contribution in [3.8, 4) is 11.1 Å². The Morgan fingerprint density at radius 2 is 1.59 bits per heavy atom. The molecule has 1 aliphatic rings. The second kappa shape index (κ2) is 10.4. The number of hydrogen-bond donors (Lipinski definition) is 4.